The lowest BCUT2D eigenvalue weighted by Crippen LogP contribution is -2.20. The van der Waals surface area contributed by atoms with E-state index < -0.39 is 0 Å². The van der Waals surface area contributed by atoms with Crippen LogP contribution in [0.4, 0.5) is 0 Å². The number of hydrogen-bond acceptors (Lipinski definition) is 3. The second-order valence-corrected chi connectivity index (χ2v) is 5.14. The zero-order valence-electron chi connectivity index (χ0n) is 10.4. The summed E-state index contributed by atoms with van der Waals surface area (Å²) in [6.45, 7) is 6.39. The maximum Gasteiger partial charge on any atom is 0.137 e. The summed E-state index contributed by atoms with van der Waals surface area (Å²) in [7, 11) is 0. The first-order valence-electron chi connectivity index (χ1n) is 6.36. The average Bonchev–Trinajstić information content (AvgIpc) is 2.74. The van der Waals surface area contributed by atoms with Crippen LogP contribution in [0.1, 0.15) is 42.8 Å². The quantitative estimate of drug-likeness (QED) is 0.784. The van der Waals surface area contributed by atoms with Crippen LogP contribution in [-0.2, 0) is 15.9 Å². The lowest BCUT2D eigenvalue weighted by molar-refractivity contribution is 0.0294. The third-order valence-electron chi connectivity index (χ3n) is 3.55. The van der Waals surface area contributed by atoms with Gasteiger partial charge in [0.25, 0.3) is 0 Å². The van der Waals surface area contributed by atoms with E-state index >= 15 is 0 Å². The van der Waals surface area contributed by atoms with Crippen LogP contribution in [0.15, 0.2) is 12.6 Å². The van der Waals surface area contributed by atoms with Gasteiger partial charge < -0.3 is 9.47 Å². The van der Waals surface area contributed by atoms with Gasteiger partial charge in [-0.1, -0.05) is 18.2 Å². The van der Waals surface area contributed by atoms with E-state index in [-0.39, 0.29) is 6.10 Å². The molecule has 3 rings (SSSR count). The molecule has 3 nitrogen and oxygen atoms in total. The molecule has 0 saturated carbocycles. The molecule has 1 fully saturated rings. The first-order chi connectivity index (χ1) is 8.69. The minimum atomic E-state index is 0.102. The summed E-state index contributed by atoms with van der Waals surface area (Å²) in [4.78, 5) is 4.64. The molecular formula is C14H16ClNO2. The van der Waals surface area contributed by atoms with E-state index in [1.807, 2.05) is 13.0 Å². The summed E-state index contributed by atoms with van der Waals surface area (Å²) in [5.41, 5.74) is 2.84. The van der Waals surface area contributed by atoms with Gasteiger partial charge in [0, 0.05) is 11.4 Å². The van der Waals surface area contributed by atoms with Gasteiger partial charge in [-0.25, -0.2) is 4.98 Å². The van der Waals surface area contributed by atoms with Crippen molar-refractivity contribution in [3.63, 3.8) is 0 Å². The molecule has 18 heavy (non-hydrogen) atoms. The zero-order valence-corrected chi connectivity index (χ0v) is 11.2. The molecule has 2 aliphatic rings. The zero-order chi connectivity index (χ0) is 12.7. The Morgan fingerprint density at radius 1 is 1.61 bits per heavy atom. The molecule has 4 heteroatoms. The van der Waals surface area contributed by atoms with Crippen LogP contribution in [0.2, 0.25) is 5.02 Å². The summed E-state index contributed by atoms with van der Waals surface area (Å²) in [6, 6.07) is 1.85. The molecule has 2 unspecified atom stereocenters. The lowest BCUT2D eigenvalue weighted by atomic mass is 10.0. The normalized spacial score (nSPS) is 24.8. The number of hydrogen-bond donors (Lipinski definition) is 0. The van der Waals surface area contributed by atoms with Gasteiger partial charge in [-0.15, -0.1) is 0 Å². The van der Waals surface area contributed by atoms with E-state index in [0.29, 0.717) is 18.5 Å². The molecule has 0 aliphatic carbocycles. The Labute approximate surface area is 112 Å². The van der Waals surface area contributed by atoms with Crippen LogP contribution in [0.25, 0.3) is 5.76 Å². The molecule has 0 spiro atoms. The Morgan fingerprint density at radius 3 is 3.22 bits per heavy atom. The van der Waals surface area contributed by atoms with Crippen molar-refractivity contribution in [3.05, 3.63) is 34.6 Å². The molecule has 2 aliphatic heterocycles. The fourth-order valence-corrected chi connectivity index (χ4v) is 2.98. The Hall–Kier alpha value is -1.06. The van der Waals surface area contributed by atoms with Gasteiger partial charge in [0.15, 0.2) is 0 Å². The van der Waals surface area contributed by atoms with Crippen molar-refractivity contribution in [1.29, 1.82) is 0 Å². The lowest BCUT2D eigenvalue weighted by Gasteiger charge is -2.24. The molecule has 1 aromatic heterocycles. The van der Waals surface area contributed by atoms with E-state index in [4.69, 9.17) is 21.1 Å². The minimum absolute atomic E-state index is 0.102. The molecule has 1 aromatic rings. The first-order valence-corrected chi connectivity index (χ1v) is 6.73. The van der Waals surface area contributed by atoms with Gasteiger partial charge in [-0.2, -0.15) is 0 Å². The van der Waals surface area contributed by atoms with Crippen molar-refractivity contribution in [1.82, 2.24) is 4.98 Å². The van der Waals surface area contributed by atoms with Crippen molar-refractivity contribution in [2.75, 3.05) is 6.61 Å². The predicted molar refractivity (Wildman–Crippen MR) is 70.5 cm³/mol. The van der Waals surface area contributed by atoms with Crippen molar-refractivity contribution < 1.29 is 9.47 Å². The number of ether oxygens (including phenoxy) is 2. The van der Waals surface area contributed by atoms with Crippen LogP contribution in [0, 0.1) is 0 Å². The van der Waals surface area contributed by atoms with Crippen LogP contribution >= 0.6 is 11.6 Å². The van der Waals surface area contributed by atoms with E-state index in [1.165, 1.54) is 0 Å². The number of pyridine rings is 1. The molecule has 2 atom stereocenters. The second kappa shape index (κ2) is 4.56. The molecule has 0 N–H and O–H groups in total. The molecule has 96 valence electrons. The molecule has 0 amide bonds. The number of aromatic nitrogens is 1. The Morgan fingerprint density at radius 2 is 2.44 bits per heavy atom. The summed E-state index contributed by atoms with van der Waals surface area (Å²) in [5.74, 6) is 0.572. The van der Waals surface area contributed by atoms with Crippen molar-refractivity contribution in [2.24, 2.45) is 0 Å². The van der Waals surface area contributed by atoms with Gasteiger partial charge in [0.1, 0.15) is 17.6 Å². The summed E-state index contributed by atoms with van der Waals surface area (Å²) < 4.78 is 11.3. The highest BCUT2D eigenvalue weighted by Crippen LogP contribution is 2.42. The fourth-order valence-electron chi connectivity index (χ4n) is 2.70. The minimum Gasteiger partial charge on any atom is -0.492 e. The smallest absolute Gasteiger partial charge is 0.137 e. The van der Waals surface area contributed by atoms with Gasteiger partial charge >= 0.3 is 0 Å². The molecule has 0 radical (unpaired) electrons. The summed E-state index contributed by atoms with van der Waals surface area (Å²) >= 11 is 6.36. The summed E-state index contributed by atoms with van der Waals surface area (Å²) in [5, 5.41) is 0.760. The molecular weight excluding hydrogens is 250 g/mol. The predicted octanol–water partition coefficient (Wildman–Crippen LogP) is 3.52. The molecule has 0 aromatic carbocycles. The van der Waals surface area contributed by atoms with Crippen LogP contribution in [0.3, 0.4) is 0 Å². The molecule has 1 saturated heterocycles. The van der Waals surface area contributed by atoms with Crippen LogP contribution < -0.4 is 0 Å². The van der Waals surface area contributed by atoms with Crippen molar-refractivity contribution in [2.45, 2.75) is 38.4 Å². The highest BCUT2D eigenvalue weighted by molar-refractivity contribution is 6.31. The van der Waals surface area contributed by atoms with Gasteiger partial charge in [0.2, 0.25) is 0 Å². The number of fused-ring (bicyclic) bond motifs is 4. The second-order valence-electron chi connectivity index (χ2n) is 4.74. The highest BCUT2D eigenvalue weighted by Gasteiger charge is 2.36. The van der Waals surface area contributed by atoms with E-state index in [9.17, 15) is 0 Å². The monoisotopic (exact) mass is 265 g/mol. The first kappa shape index (κ1) is 12.0. The van der Waals surface area contributed by atoms with E-state index in [1.54, 1.807) is 0 Å². The maximum atomic E-state index is 6.36. The molecule has 2 bridgehead atoms. The van der Waals surface area contributed by atoms with Crippen molar-refractivity contribution >= 4 is 17.4 Å². The van der Waals surface area contributed by atoms with Gasteiger partial charge in [-0.05, 0) is 31.4 Å². The standard InChI is InChI=1S/C14H16ClNO2/c1-3-17-8(2)12-7-11(15)10-6-9-4-5-13(18-9)14(10)16-12/h7,9,13H,2-6H2,1H3. The number of nitrogens with zero attached hydrogens (tertiary/aromatic N) is 1. The third-order valence-corrected chi connectivity index (χ3v) is 3.89. The largest absolute Gasteiger partial charge is 0.492 e. The van der Waals surface area contributed by atoms with E-state index in [2.05, 4.69) is 11.6 Å². The Kier molecular flexibility index (Phi) is 3.04. The topological polar surface area (TPSA) is 31.4 Å². The fraction of sp³-hybridized carbons (Fsp3) is 0.500. The SMILES string of the molecule is C=C(OCC)c1cc(Cl)c2c(n1)C1CCC(C2)O1. The Balaban J connectivity index is 2.01. The highest BCUT2D eigenvalue weighted by atomic mass is 35.5. The van der Waals surface area contributed by atoms with Gasteiger partial charge in [0.05, 0.1) is 18.4 Å². The molecule has 3 heterocycles. The van der Waals surface area contributed by atoms with Gasteiger partial charge in [-0.3, -0.25) is 0 Å². The summed E-state index contributed by atoms with van der Waals surface area (Å²) in [6.07, 6.45) is 3.43. The van der Waals surface area contributed by atoms with E-state index in [0.717, 1.165) is 41.2 Å². The van der Waals surface area contributed by atoms with Crippen molar-refractivity contribution in [3.8, 4) is 0 Å². The Bertz CT molecular complexity index is 501. The maximum absolute atomic E-state index is 6.36. The van der Waals surface area contributed by atoms with Crippen LogP contribution in [-0.4, -0.2) is 17.7 Å². The van der Waals surface area contributed by atoms with Crippen LogP contribution in [0.5, 0.6) is 0 Å². The number of rotatable bonds is 3. The average molecular weight is 266 g/mol. The third kappa shape index (κ3) is 1.91. The number of halogens is 1.